The van der Waals surface area contributed by atoms with Gasteiger partial charge >= 0.3 is 0 Å². The van der Waals surface area contributed by atoms with Gasteiger partial charge in [0.1, 0.15) is 0 Å². The van der Waals surface area contributed by atoms with E-state index >= 15 is 0 Å². The lowest BCUT2D eigenvalue weighted by Gasteiger charge is -2.32. The van der Waals surface area contributed by atoms with Crippen LogP contribution in [0, 0.1) is 5.92 Å². The van der Waals surface area contributed by atoms with Crippen LogP contribution in [0.3, 0.4) is 0 Å². The lowest BCUT2D eigenvalue weighted by atomic mass is 9.94. The standard InChI is InChI=1S/C14H26N2O2/c1-12-11-16(8-7-15-12)14(17)4-2-3-13-5-9-18-10-6-13/h12-13,15H,2-11H2,1H3. The molecule has 2 rings (SSSR count). The number of amides is 1. The highest BCUT2D eigenvalue weighted by Crippen LogP contribution is 2.21. The fraction of sp³-hybridized carbons (Fsp3) is 0.929. The van der Waals surface area contributed by atoms with Gasteiger partial charge in [-0.05, 0) is 38.5 Å². The first-order valence-electron chi connectivity index (χ1n) is 7.34. The fourth-order valence-electron chi connectivity index (χ4n) is 2.89. The third kappa shape index (κ3) is 4.25. The van der Waals surface area contributed by atoms with Crippen LogP contribution in [0.15, 0.2) is 0 Å². The van der Waals surface area contributed by atoms with E-state index in [1.807, 2.05) is 4.90 Å². The fourth-order valence-corrected chi connectivity index (χ4v) is 2.89. The third-order valence-corrected chi connectivity index (χ3v) is 4.07. The molecular weight excluding hydrogens is 228 g/mol. The number of nitrogens with one attached hydrogen (secondary N) is 1. The maximum absolute atomic E-state index is 12.1. The van der Waals surface area contributed by atoms with Gasteiger partial charge in [0, 0.05) is 45.3 Å². The molecule has 2 saturated heterocycles. The lowest BCUT2D eigenvalue weighted by molar-refractivity contribution is -0.132. The van der Waals surface area contributed by atoms with Gasteiger partial charge in [-0.3, -0.25) is 4.79 Å². The molecule has 1 N–H and O–H groups in total. The zero-order chi connectivity index (χ0) is 12.8. The largest absolute Gasteiger partial charge is 0.381 e. The topological polar surface area (TPSA) is 41.6 Å². The summed E-state index contributed by atoms with van der Waals surface area (Å²) in [6.45, 7) is 6.65. The van der Waals surface area contributed by atoms with Crippen molar-refractivity contribution in [2.24, 2.45) is 5.92 Å². The molecule has 0 aliphatic carbocycles. The Bertz CT molecular complexity index is 265. The van der Waals surface area contributed by atoms with Gasteiger partial charge < -0.3 is 15.0 Å². The summed E-state index contributed by atoms with van der Waals surface area (Å²) in [6, 6.07) is 0.443. The van der Waals surface area contributed by atoms with Crippen LogP contribution < -0.4 is 5.32 Å². The molecule has 4 nitrogen and oxygen atoms in total. The van der Waals surface area contributed by atoms with E-state index in [0.717, 1.165) is 51.6 Å². The van der Waals surface area contributed by atoms with Gasteiger partial charge in [-0.25, -0.2) is 0 Å². The van der Waals surface area contributed by atoms with Crippen LogP contribution in [-0.4, -0.2) is 49.7 Å². The average molecular weight is 254 g/mol. The van der Waals surface area contributed by atoms with Gasteiger partial charge in [0.25, 0.3) is 0 Å². The number of piperazine rings is 1. The summed E-state index contributed by atoms with van der Waals surface area (Å²) in [7, 11) is 0. The quantitative estimate of drug-likeness (QED) is 0.824. The van der Waals surface area contributed by atoms with E-state index in [9.17, 15) is 4.79 Å². The summed E-state index contributed by atoms with van der Waals surface area (Å²) >= 11 is 0. The Hall–Kier alpha value is -0.610. The van der Waals surface area contributed by atoms with Crippen LogP contribution in [0.25, 0.3) is 0 Å². The SMILES string of the molecule is CC1CN(C(=O)CCCC2CCOCC2)CCN1. The van der Waals surface area contributed by atoms with Gasteiger partial charge in [-0.2, -0.15) is 0 Å². The Morgan fingerprint density at radius 3 is 2.89 bits per heavy atom. The lowest BCUT2D eigenvalue weighted by Crippen LogP contribution is -2.51. The van der Waals surface area contributed by atoms with Crippen LogP contribution in [0.5, 0.6) is 0 Å². The molecule has 2 heterocycles. The maximum Gasteiger partial charge on any atom is 0.222 e. The van der Waals surface area contributed by atoms with Crippen molar-refractivity contribution in [3.63, 3.8) is 0 Å². The molecular formula is C14H26N2O2. The molecule has 0 aromatic heterocycles. The van der Waals surface area contributed by atoms with Gasteiger partial charge in [0.2, 0.25) is 5.91 Å². The average Bonchev–Trinajstić information content (AvgIpc) is 2.40. The van der Waals surface area contributed by atoms with Gasteiger partial charge in [0.05, 0.1) is 0 Å². The molecule has 2 aliphatic heterocycles. The molecule has 2 fully saturated rings. The zero-order valence-corrected chi connectivity index (χ0v) is 11.5. The molecule has 1 amide bonds. The van der Waals surface area contributed by atoms with Crippen molar-refractivity contribution in [3.8, 4) is 0 Å². The second kappa shape index (κ2) is 7.10. The van der Waals surface area contributed by atoms with Crippen molar-refractivity contribution in [1.82, 2.24) is 10.2 Å². The van der Waals surface area contributed by atoms with Crippen LogP contribution in [0.4, 0.5) is 0 Å². The van der Waals surface area contributed by atoms with Gasteiger partial charge in [-0.1, -0.05) is 0 Å². The van der Waals surface area contributed by atoms with E-state index in [4.69, 9.17) is 4.74 Å². The summed E-state index contributed by atoms with van der Waals surface area (Å²) in [6.07, 6.45) is 5.32. The predicted octanol–water partition coefficient (Wildman–Crippen LogP) is 1.40. The van der Waals surface area contributed by atoms with Crippen molar-refractivity contribution in [2.75, 3.05) is 32.8 Å². The highest BCUT2D eigenvalue weighted by atomic mass is 16.5. The van der Waals surface area contributed by atoms with E-state index < -0.39 is 0 Å². The van der Waals surface area contributed by atoms with Gasteiger partial charge in [0.15, 0.2) is 0 Å². The van der Waals surface area contributed by atoms with Crippen LogP contribution >= 0.6 is 0 Å². The molecule has 104 valence electrons. The summed E-state index contributed by atoms with van der Waals surface area (Å²) in [5.74, 6) is 1.13. The minimum atomic E-state index is 0.343. The summed E-state index contributed by atoms with van der Waals surface area (Å²) < 4.78 is 5.35. The third-order valence-electron chi connectivity index (χ3n) is 4.07. The van der Waals surface area contributed by atoms with Crippen LogP contribution in [0.1, 0.15) is 39.0 Å². The van der Waals surface area contributed by atoms with Crippen molar-refractivity contribution in [2.45, 2.75) is 45.1 Å². The summed E-state index contributed by atoms with van der Waals surface area (Å²) in [4.78, 5) is 14.1. The first kappa shape index (κ1) is 13.8. The molecule has 18 heavy (non-hydrogen) atoms. The first-order valence-corrected chi connectivity index (χ1v) is 7.34. The predicted molar refractivity (Wildman–Crippen MR) is 71.4 cm³/mol. The van der Waals surface area contributed by atoms with Crippen molar-refractivity contribution >= 4 is 5.91 Å². The summed E-state index contributed by atoms with van der Waals surface area (Å²) in [5, 5.41) is 3.37. The molecule has 0 saturated carbocycles. The molecule has 1 unspecified atom stereocenters. The Morgan fingerprint density at radius 1 is 1.39 bits per heavy atom. The number of hydrogen-bond acceptors (Lipinski definition) is 3. The molecule has 0 spiro atoms. The molecule has 4 heteroatoms. The number of rotatable bonds is 4. The van der Waals surface area contributed by atoms with Crippen LogP contribution in [-0.2, 0) is 9.53 Å². The van der Waals surface area contributed by atoms with Crippen LogP contribution in [0.2, 0.25) is 0 Å². The number of ether oxygens (including phenoxy) is 1. The molecule has 0 radical (unpaired) electrons. The van der Waals surface area contributed by atoms with Crippen molar-refractivity contribution in [3.05, 3.63) is 0 Å². The maximum atomic E-state index is 12.1. The normalized spacial score (nSPS) is 26.3. The molecule has 0 bridgehead atoms. The summed E-state index contributed by atoms with van der Waals surface area (Å²) in [5.41, 5.74) is 0. The highest BCUT2D eigenvalue weighted by Gasteiger charge is 2.20. The van der Waals surface area contributed by atoms with Crippen molar-refractivity contribution < 1.29 is 9.53 Å². The van der Waals surface area contributed by atoms with E-state index in [-0.39, 0.29) is 0 Å². The Labute approximate surface area is 110 Å². The van der Waals surface area contributed by atoms with Gasteiger partial charge in [-0.15, -0.1) is 0 Å². The first-order chi connectivity index (χ1) is 8.75. The van der Waals surface area contributed by atoms with Crippen molar-refractivity contribution in [1.29, 1.82) is 0 Å². The second-order valence-corrected chi connectivity index (χ2v) is 5.64. The Balaban J connectivity index is 1.61. The monoisotopic (exact) mass is 254 g/mol. The smallest absolute Gasteiger partial charge is 0.222 e. The number of carbonyl (C=O) groups excluding carboxylic acids is 1. The Morgan fingerprint density at radius 2 is 2.17 bits per heavy atom. The minimum Gasteiger partial charge on any atom is -0.381 e. The number of hydrogen-bond donors (Lipinski definition) is 1. The Kier molecular flexibility index (Phi) is 5.45. The van der Waals surface area contributed by atoms with E-state index in [1.54, 1.807) is 0 Å². The zero-order valence-electron chi connectivity index (χ0n) is 11.5. The minimum absolute atomic E-state index is 0.343. The second-order valence-electron chi connectivity index (χ2n) is 5.64. The molecule has 0 aromatic rings. The van der Waals surface area contributed by atoms with E-state index in [1.165, 1.54) is 19.3 Å². The molecule has 0 aromatic carbocycles. The number of carbonyl (C=O) groups is 1. The van der Waals surface area contributed by atoms with E-state index in [0.29, 0.717) is 11.9 Å². The number of nitrogens with zero attached hydrogens (tertiary/aromatic N) is 1. The van der Waals surface area contributed by atoms with E-state index in [2.05, 4.69) is 12.2 Å². The molecule has 1 atom stereocenters. The molecule has 2 aliphatic rings. The highest BCUT2D eigenvalue weighted by molar-refractivity contribution is 5.76.